The molecule has 1 heterocycles. The molecule has 0 aliphatic carbocycles. The molecule has 0 saturated heterocycles. The molecule has 0 aromatic heterocycles. The molecule has 7 heteroatoms. The molecule has 0 fully saturated rings. The first-order valence-electron chi connectivity index (χ1n) is 10.8. The third kappa shape index (κ3) is 5.68. The molecule has 6 nitrogen and oxygen atoms in total. The molecule has 33 heavy (non-hydrogen) atoms. The Hall–Kier alpha value is -3.45. The van der Waals surface area contributed by atoms with Gasteiger partial charge in [0.25, 0.3) is 5.91 Å². The van der Waals surface area contributed by atoms with Crippen LogP contribution in [0, 0.1) is 0 Å². The number of carbonyl (C=O) groups excluding carboxylic acids is 2. The summed E-state index contributed by atoms with van der Waals surface area (Å²) in [5.74, 6) is 1.61. The first-order chi connectivity index (χ1) is 16.2. The van der Waals surface area contributed by atoms with Crippen molar-refractivity contribution in [2.75, 3.05) is 37.5 Å². The lowest BCUT2D eigenvalue weighted by Gasteiger charge is -2.17. The fraction of sp³-hybridized carbons (Fsp3) is 0.231. The normalized spacial score (nSPS) is 12.2. The number of methoxy groups -OCH3 is 1. The van der Waals surface area contributed by atoms with E-state index in [2.05, 4.69) is 11.4 Å². The number of ether oxygens (including phenoxy) is 2. The van der Waals surface area contributed by atoms with E-state index in [9.17, 15) is 9.59 Å². The van der Waals surface area contributed by atoms with Gasteiger partial charge in [-0.15, -0.1) is 11.8 Å². The maximum atomic E-state index is 12.8. The highest BCUT2D eigenvalue weighted by molar-refractivity contribution is 8.00. The highest BCUT2D eigenvalue weighted by atomic mass is 32.2. The molecule has 170 valence electrons. The summed E-state index contributed by atoms with van der Waals surface area (Å²) < 4.78 is 10.8. The molecule has 4 rings (SSSR count). The first kappa shape index (κ1) is 22.7. The Morgan fingerprint density at radius 1 is 0.970 bits per heavy atom. The smallest absolute Gasteiger partial charge is 0.252 e. The average molecular weight is 463 g/mol. The van der Waals surface area contributed by atoms with Crippen LogP contribution in [0.2, 0.25) is 0 Å². The highest BCUT2D eigenvalue weighted by Gasteiger charge is 2.24. The van der Waals surface area contributed by atoms with Crippen molar-refractivity contribution in [1.82, 2.24) is 5.32 Å². The summed E-state index contributed by atoms with van der Waals surface area (Å²) in [5, 5.41) is 2.89. The first-order valence-corrected chi connectivity index (χ1v) is 11.8. The predicted octanol–water partition coefficient (Wildman–Crippen LogP) is 4.19. The third-order valence-corrected chi connectivity index (χ3v) is 6.45. The van der Waals surface area contributed by atoms with Crippen molar-refractivity contribution in [2.24, 2.45) is 0 Å². The Labute approximate surface area is 197 Å². The lowest BCUT2D eigenvalue weighted by molar-refractivity contribution is -0.116. The average Bonchev–Trinajstić information content (AvgIpc) is 3.30. The SMILES string of the molecule is COc1ccc(OCCNC(=O)c2ccccc2SCC(=O)N2CCc3ccccc32)cc1. The van der Waals surface area contributed by atoms with Crippen molar-refractivity contribution < 1.29 is 19.1 Å². The van der Waals surface area contributed by atoms with Crippen LogP contribution >= 0.6 is 11.8 Å². The van der Waals surface area contributed by atoms with Crippen LogP contribution in [0.15, 0.2) is 77.7 Å². The maximum absolute atomic E-state index is 12.8. The molecule has 3 aromatic carbocycles. The summed E-state index contributed by atoms with van der Waals surface area (Å²) in [6, 6.07) is 22.6. The monoisotopic (exact) mass is 462 g/mol. The molecule has 2 amide bonds. The van der Waals surface area contributed by atoms with E-state index in [-0.39, 0.29) is 17.6 Å². The number of nitrogens with zero attached hydrogens (tertiary/aromatic N) is 1. The van der Waals surface area contributed by atoms with Gasteiger partial charge in [-0.05, 0) is 54.4 Å². The number of fused-ring (bicyclic) bond motifs is 1. The number of hydrogen-bond acceptors (Lipinski definition) is 5. The van der Waals surface area contributed by atoms with Crippen LogP contribution < -0.4 is 19.7 Å². The van der Waals surface area contributed by atoms with Gasteiger partial charge in [0.2, 0.25) is 5.91 Å². The summed E-state index contributed by atoms with van der Waals surface area (Å²) in [6.45, 7) is 1.42. The quantitative estimate of drug-likeness (QED) is 0.382. The Kier molecular flexibility index (Phi) is 7.52. The number of amides is 2. The lowest BCUT2D eigenvalue weighted by atomic mass is 10.2. The molecule has 0 radical (unpaired) electrons. The Balaban J connectivity index is 1.28. The molecule has 0 atom stereocenters. The second kappa shape index (κ2) is 10.9. The summed E-state index contributed by atoms with van der Waals surface area (Å²) in [6.07, 6.45) is 0.879. The van der Waals surface area contributed by atoms with Crippen molar-refractivity contribution >= 4 is 29.3 Å². The van der Waals surface area contributed by atoms with Gasteiger partial charge in [0, 0.05) is 17.1 Å². The Bertz CT molecular complexity index is 1120. The number of nitrogens with one attached hydrogen (secondary N) is 1. The van der Waals surface area contributed by atoms with Crippen LogP contribution in [0.25, 0.3) is 0 Å². The molecule has 3 aromatic rings. The van der Waals surface area contributed by atoms with Gasteiger partial charge in [-0.3, -0.25) is 9.59 Å². The Morgan fingerprint density at radius 2 is 1.70 bits per heavy atom. The van der Waals surface area contributed by atoms with Gasteiger partial charge < -0.3 is 19.7 Å². The van der Waals surface area contributed by atoms with Crippen LogP contribution in [0.4, 0.5) is 5.69 Å². The number of benzene rings is 3. The standard InChI is InChI=1S/C26H26N2O4S/c1-31-20-10-12-21(13-11-20)32-17-15-27-26(30)22-7-3-5-9-24(22)33-18-25(29)28-16-14-19-6-2-4-8-23(19)28/h2-13H,14-18H2,1H3,(H,27,30). The van der Waals surface area contributed by atoms with Crippen LogP contribution in [0.1, 0.15) is 15.9 Å². The number of thioether (sulfide) groups is 1. The van der Waals surface area contributed by atoms with Gasteiger partial charge in [-0.1, -0.05) is 30.3 Å². The van der Waals surface area contributed by atoms with E-state index >= 15 is 0 Å². The second-order valence-electron chi connectivity index (χ2n) is 7.49. The van der Waals surface area contributed by atoms with Crippen LogP contribution in [0.5, 0.6) is 11.5 Å². The summed E-state index contributed by atoms with van der Waals surface area (Å²) in [7, 11) is 1.61. The molecule has 1 aliphatic rings. The predicted molar refractivity (Wildman–Crippen MR) is 130 cm³/mol. The van der Waals surface area contributed by atoms with E-state index in [0.29, 0.717) is 31.0 Å². The van der Waals surface area contributed by atoms with E-state index < -0.39 is 0 Å². The number of carbonyl (C=O) groups is 2. The zero-order valence-corrected chi connectivity index (χ0v) is 19.3. The molecule has 1 N–H and O–H groups in total. The van der Waals surface area contributed by atoms with E-state index in [0.717, 1.165) is 22.8 Å². The molecule has 0 spiro atoms. The fourth-order valence-corrected chi connectivity index (χ4v) is 4.62. The molecule has 0 bridgehead atoms. The molecular formula is C26H26N2O4S. The van der Waals surface area contributed by atoms with Gasteiger partial charge in [-0.25, -0.2) is 0 Å². The third-order valence-electron chi connectivity index (χ3n) is 5.39. The van der Waals surface area contributed by atoms with Crippen LogP contribution in [0.3, 0.4) is 0 Å². The van der Waals surface area contributed by atoms with E-state index in [1.807, 2.05) is 65.6 Å². The maximum Gasteiger partial charge on any atom is 0.252 e. The van der Waals surface area contributed by atoms with Crippen molar-refractivity contribution in [3.8, 4) is 11.5 Å². The van der Waals surface area contributed by atoms with Gasteiger partial charge in [0.1, 0.15) is 18.1 Å². The number of hydrogen-bond donors (Lipinski definition) is 1. The summed E-state index contributed by atoms with van der Waals surface area (Å²) >= 11 is 1.39. The minimum absolute atomic E-state index is 0.0491. The van der Waals surface area contributed by atoms with Crippen molar-refractivity contribution in [3.05, 3.63) is 83.9 Å². The van der Waals surface area contributed by atoms with E-state index in [4.69, 9.17) is 9.47 Å². The van der Waals surface area contributed by atoms with Crippen molar-refractivity contribution in [1.29, 1.82) is 0 Å². The van der Waals surface area contributed by atoms with Gasteiger partial charge >= 0.3 is 0 Å². The molecule has 1 aliphatic heterocycles. The highest BCUT2D eigenvalue weighted by Crippen LogP contribution is 2.29. The van der Waals surface area contributed by atoms with Crippen LogP contribution in [-0.4, -0.2) is 44.4 Å². The van der Waals surface area contributed by atoms with Gasteiger partial charge in [-0.2, -0.15) is 0 Å². The molecule has 0 unspecified atom stereocenters. The lowest BCUT2D eigenvalue weighted by Crippen LogP contribution is -2.31. The van der Waals surface area contributed by atoms with Crippen molar-refractivity contribution in [3.63, 3.8) is 0 Å². The number of para-hydroxylation sites is 1. The van der Waals surface area contributed by atoms with Crippen molar-refractivity contribution in [2.45, 2.75) is 11.3 Å². The minimum Gasteiger partial charge on any atom is -0.497 e. The summed E-state index contributed by atoms with van der Waals surface area (Å²) in [4.78, 5) is 28.2. The minimum atomic E-state index is -0.185. The van der Waals surface area contributed by atoms with Gasteiger partial charge in [0.05, 0.1) is 25.0 Å². The van der Waals surface area contributed by atoms with E-state index in [1.165, 1.54) is 17.3 Å². The van der Waals surface area contributed by atoms with Gasteiger partial charge in [0.15, 0.2) is 0 Å². The zero-order chi connectivity index (χ0) is 23.0. The van der Waals surface area contributed by atoms with E-state index in [1.54, 1.807) is 13.2 Å². The zero-order valence-electron chi connectivity index (χ0n) is 18.5. The molecular weight excluding hydrogens is 436 g/mol. The largest absolute Gasteiger partial charge is 0.497 e. The number of rotatable bonds is 9. The molecule has 0 saturated carbocycles. The Morgan fingerprint density at radius 3 is 2.52 bits per heavy atom. The topological polar surface area (TPSA) is 67.9 Å². The fourth-order valence-electron chi connectivity index (χ4n) is 3.70. The van der Waals surface area contributed by atoms with Crippen LogP contribution in [-0.2, 0) is 11.2 Å². The summed E-state index contributed by atoms with van der Waals surface area (Å²) in [5.41, 5.74) is 2.75. The second-order valence-corrected chi connectivity index (χ2v) is 8.51. The number of anilines is 1.